The molecule has 2 atom stereocenters. The third kappa shape index (κ3) is 4.88. The topological polar surface area (TPSA) is 99.7 Å². The first-order valence-electron chi connectivity index (χ1n) is 11.8. The zero-order valence-electron chi connectivity index (χ0n) is 20.0. The van der Waals surface area contributed by atoms with Gasteiger partial charge in [0.1, 0.15) is 5.82 Å². The second kappa shape index (κ2) is 9.91. The molecule has 0 aromatic carbocycles. The number of carbonyl (C=O) groups is 2. The van der Waals surface area contributed by atoms with E-state index in [-0.39, 0.29) is 24.0 Å². The number of nitrogens with one attached hydrogen (secondary N) is 2. The van der Waals surface area contributed by atoms with Crippen LogP contribution in [0, 0.1) is 0 Å². The third-order valence-corrected chi connectivity index (χ3v) is 6.49. The van der Waals surface area contributed by atoms with Gasteiger partial charge in [-0.15, -0.1) is 0 Å². The first-order valence-corrected chi connectivity index (χ1v) is 11.8. The van der Waals surface area contributed by atoms with E-state index < -0.39 is 0 Å². The largest absolute Gasteiger partial charge is 0.377 e. The van der Waals surface area contributed by atoms with Gasteiger partial charge >= 0.3 is 6.03 Å². The number of carbonyl (C=O) groups excluding carboxylic acids is 2. The molecule has 0 radical (unpaired) electrons. The fourth-order valence-electron chi connectivity index (χ4n) is 4.74. The van der Waals surface area contributed by atoms with Gasteiger partial charge in [-0.25, -0.2) is 14.8 Å². The van der Waals surface area contributed by atoms with Gasteiger partial charge in [-0.1, -0.05) is 6.08 Å². The highest BCUT2D eigenvalue weighted by molar-refractivity contribution is 5.80. The molecule has 0 aliphatic carbocycles. The Hall–Kier alpha value is -2.94. The van der Waals surface area contributed by atoms with E-state index in [2.05, 4.69) is 22.5 Å². The maximum absolute atomic E-state index is 12.4. The summed E-state index contributed by atoms with van der Waals surface area (Å²) in [7, 11) is 0. The van der Waals surface area contributed by atoms with Crippen LogP contribution in [0.25, 0.3) is 5.57 Å². The highest BCUT2D eigenvalue weighted by Crippen LogP contribution is 2.41. The summed E-state index contributed by atoms with van der Waals surface area (Å²) in [5, 5.41) is 5.52. The molecule has 2 N–H and O–H groups in total. The number of allylic oxidation sites excluding steroid dienone is 4. The molecule has 1 aromatic heterocycles. The van der Waals surface area contributed by atoms with Gasteiger partial charge in [0, 0.05) is 37.3 Å². The lowest BCUT2D eigenvalue weighted by molar-refractivity contribution is -0.129. The minimum atomic E-state index is -0.225. The fraction of sp³-hybridized carbons (Fsp3) is 0.583. The van der Waals surface area contributed by atoms with Gasteiger partial charge in [0.2, 0.25) is 5.91 Å². The number of fused-ring (bicyclic) bond motifs is 3. The zero-order valence-corrected chi connectivity index (χ0v) is 20.0. The molecule has 178 valence electrons. The van der Waals surface area contributed by atoms with Crippen molar-refractivity contribution in [3.63, 3.8) is 0 Å². The fourth-order valence-corrected chi connectivity index (χ4v) is 4.74. The van der Waals surface area contributed by atoms with Crippen LogP contribution in [0.1, 0.15) is 63.7 Å². The van der Waals surface area contributed by atoms with E-state index in [9.17, 15) is 9.59 Å². The van der Waals surface area contributed by atoms with Crippen LogP contribution in [0.3, 0.4) is 0 Å². The van der Waals surface area contributed by atoms with Gasteiger partial charge in [0.25, 0.3) is 0 Å². The number of morpholine rings is 1. The Morgan fingerprint density at radius 1 is 1.18 bits per heavy atom. The second-order valence-corrected chi connectivity index (χ2v) is 8.93. The summed E-state index contributed by atoms with van der Waals surface area (Å²) < 4.78 is 5.66. The zero-order chi connectivity index (χ0) is 23.5. The van der Waals surface area contributed by atoms with Gasteiger partial charge in [-0.05, 0) is 52.2 Å². The Labute approximate surface area is 195 Å². The van der Waals surface area contributed by atoms with Crippen LogP contribution in [0.5, 0.6) is 0 Å². The van der Waals surface area contributed by atoms with Crippen molar-refractivity contribution >= 4 is 23.3 Å². The van der Waals surface area contributed by atoms with E-state index in [0.717, 1.165) is 48.7 Å². The molecular weight excluding hydrogens is 420 g/mol. The minimum absolute atomic E-state index is 0.0302. The summed E-state index contributed by atoms with van der Waals surface area (Å²) in [5.41, 5.74) is 3.78. The number of nitrogens with zero attached hydrogens (tertiary/aromatic N) is 4. The lowest BCUT2D eigenvalue weighted by Crippen LogP contribution is -2.46. The van der Waals surface area contributed by atoms with E-state index in [1.54, 1.807) is 0 Å². The van der Waals surface area contributed by atoms with E-state index >= 15 is 0 Å². The van der Waals surface area contributed by atoms with Crippen LogP contribution in [0.2, 0.25) is 0 Å². The van der Waals surface area contributed by atoms with Crippen LogP contribution in [0.4, 0.5) is 10.6 Å². The third-order valence-electron chi connectivity index (χ3n) is 6.49. The Morgan fingerprint density at radius 2 is 2.00 bits per heavy atom. The molecule has 9 heteroatoms. The van der Waals surface area contributed by atoms with Gasteiger partial charge < -0.3 is 25.2 Å². The highest BCUT2D eigenvalue weighted by Gasteiger charge is 2.40. The molecule has 0 spiro atoms. The standard InChI is InChI=1S/C24H34N6O3/c1-5-25-24(32)26-16(3)7-6-15(2)22-27-21-18(10-11-30-19(21)8-9-20(30)31)23(28-22)29-12-13-33-14-17(29)4/h6-7,17,19H,5,8-14H2,1-4H3,(H2,25,26,32)/b15-6+,16-7+/t17-,19+/m1/s1. The Morgan fingerprint density at radius 3 is 2.76 bits per heavy atom. The van der Waals surface area contributed by atoms with Crippen molar-refractivity contribution in [2.24, 2.45) is 0 Å². The molecular formula is C24H34N6O3. The molecule has 2 saturated heterocycles. The summed E-state index contributed by atoms with van der Waals surface area (Å²) >= 11 is 0. The van der Waals surface area contributed by atoms with Gasteiger partial charge in [0.15, 0.2) is 5.82 Å². The maximum Gasteiger partial charge on any atom is 0.318 e. The lowest BCUT2D eigenvalue weighted by atomic mass is 9.97. The van der Waals surface area contributed by atoms with Gasteiger partial charge in [-0.3, -0.25) is 4.79 Å². The van der Waals surface area contributed by atoms with Crippen LogP contribution in [-0.2, 0) is 16.0 Å². The molecule has 4 rings (SSSR count). The molecule has 0 unspecified atom stereocenters. The van der Waals surface area contributed by atoms with Gasteiger partial charge in [-0.2, -0.15) is 0 Å². The predicted octanol–water partition coefficient (Wildman–Crippen LogP) is 2.55. The van der Waals surface area contributed by atoms with Crippen LogP contribution >= 0.6 is 0 Å². The molecule has 3 aliphatic heterocycles. The average molecular weight is 455 g/mol. The monoisotopic (exact) mass is 454 g/mol. The molecule has 9 nitrogen and oxygen atoms in total. The number of urea groups is 1. The number of aromatic nitrogens is 2. The summed E-state index contributed by atoms with van der Waals surface area (Å²) in [6.07, 6.45) is 5.94. The Bertz CT molecular complexity index is 989. The van der Waals surface area contributed by atoms with Crippen LogP contribution in [-0.4, -0.2) is 65.7 Å². The first-order chi connectivity index (χ1) is 15.9. The molecule has 2 fully saturated rings. The van der Waals surface area contributed by atoms with Crippen LogP contribution in [0.15, 0.2) is 17.8 Å². The van der Waals surface area contributed by atoms with E-state index in [1.807, 2.05) is 37.8 Å². The first kappa shape index (κ1) is 23.2. The molecule has 4 heterocycles. The Balaban J connectivity index is 1.70. The van der Waals surface area contributed by atoms with E-state index in [0.29, 0.717) is 32.0 Å². The number of amides is 3. The number of hydrogen-bond acceptors (Lipinski definition) is 6. The highest BCUT2D eigenvalue weighted by atomic mass is 16.5. The summed E-state index contributed by atoms with van der Waals surface area (Å²) in [6.45, 7) is 11.3. The van der Waals surface area contributed by atoms with Gasteiger partial charge in [0.05, 0.1) is 31.0 Å². The average Bonchev–Trinajstić information content (AvgIpc) is 3.18. The second-order valence-electron chi connectivity index (χ2n) is 8.93. The molecule has 0 bridgehead atoms. The summed E-state index contributed by atoms with van der Waals surface area (Å²) in [5.74, 6) is 1.85. The van der Waals surface area contributed by atoms with Crippen molar-refractivity contribution in [3.05, 3.63) is 34.9 Å². The van der Waals surface area contributed by atoms with Crippen molar-refractivity contribution < 1.29 is 14.3 Å². The molecule has 3 aliphatic rings. The smallest absolute Gasteiger partial charge is 0.318 e. The molecule has 3 amide bonds. The normalized spacial score (nSPS) is 23.3. The molecule has 1 aromatic rings. The predicted molar refractivity (Wildman–Crippen MR) is 127 cm³/mol. The summed E-state index contributed by atoms with van der Waals surface area (Å²) in [6, 6.07) is 0.0287. The quantitative estimate of drug-likeness (QED) is 0.664. The minimum Gasteiger partial charge on any atom is -0.377 e. The van der Waals surface area contributed by atoms with Crippen molar-refractivity contribution in [1.29, 1.82) is 0 Å². The number of anilines is 1. The van der Waals surface area contributed by atoms with Crippen molar-refractivity contribution in [1.82, 2.24) is 25.5 Å². The van der Waals surface area contributed by atoms with Crippen molar-refractivity contribution in [2.75, 3.05) is 37.7 Å². The van der Waals surface area contributed by atoms with Crippen molar-refractivity contribution in [2.45, 2.75) is 59.0 Å². The van der Waals surface area contributed by atoms with Crippen molar-refractivity contribution in [3.8, 4) is 0 Å². The van der Waals surface area contributed by atoms with E-state index in [1.165, 1.54) is 5.56 Å². The SMILES string of the molecule is CCNC(=O)N/C(C)=C/C=C(\C)c1nc2c(c(N3CCOC[C@H]3C)n1)CCN1C(=O)CC[C@@H]21. The Kier molecular flexibility index (Phi) is 6.97. The van der Waals surface area contributed by atoms with E-state index in [4.69, 9.17) is 14.7 Å². The lowest BCUT2D eigenvalue weighted by Gasteiger charge is -2.38. The molecule has 33 heavy (non-hydrogen) atoms. The summed E-state index contributed by atoms with van der Waals surface area (Å²) in [4.78, 5) is 38.4. The van der Waals surface area contributed by atoms with Crippen LogP contribution < -0.4 is 15.5 Å². The number of ether oxygens (including phenoxy) is 1. The number of hydrogen-bond donors (Lipinski definition) is 2. The maximum atomic E-state index is 12.4. The molecule has 0 saturated carbocycles. The number of rotatable bonds is 5.